The van der Waals surface area contributed by atoms with Crippen LogP contribution in [0, 0.1) is 0 Å². The van der Waals surface area contributed by atoms with Crippen molar-refractivity contribution in [2.45, 2.75) is 24.7 Å². The maximum atomic E-state index is 15.2. The highest BCUT2D eigenvalue weighted by Crippen LogP contribution is 2.60. The van der Waals surface area contributed by atoms with Gasteiger partial charge in [-0.05, 0) is 62.7 Å². The van der Waals surface area contributed by atoms with Crippen LogP contribution in [0.1, 0.15) is 47.2 Å². The molecule has 11 rings (SSSR count). The Bertz CT molecular complexity index is 2990. The lowest BCUT2D eigenvalue weighted by Gasteiger charge is -2.50. The van der Waals surface area contributed by atoms with Crippen molar-refractivity contribution in [2.75, 3.05) is 0 Å². The second-order valence-electron chi connectivity index (χ2n) is 15.6. The summed E-state index contributed by atoms with van der Waals surface area (Å²) >= 11 is 0. The zero-order chi connectivity index (χ0) is 36.9. The summed E-state index contributed by atoms with van der Waals surface area (Å²) in [6.45, 7) is 4.76. The third-order valence-electron chi connectivity index (χ3n) is 12.6. The second-order valence-corrected chi connectivity index (χ2v) is 18.3. The van der Waals surface area contributed by atoms with Gasteiger partial charge in [0.2, 0.25) is 0 Å². The van der Waals surface area contributed by atoms with Crippen molar-refractivity contribution in [3.8, 4) is 16.8 Å². The predicted octanol–water partition coefficient (Wildman–Crippen LogP) is 11.4. The molecule has 0 N–H and O–H groups in total. The van der Waals surface area contributed by atoms with Crippen LogP contribution in [0.5, 0.6) is 0 Å². The first-order valence-corrected chi connectivity index (χ1v) is 20.8. The highest BCUT2D eigenvalue weighted by Gasteiger charge is 2.52. The van der Waals surface area contributed by atoms with Crippen LogP contribution in [-0.2, 0) is 15.4 Å². The standard InChI is InChI=1S/C52H38NOP/c1-51(2)42-22-10-11-23-44(42)52(45-24-12-14-27-49(45)53-48-26-13-9-20-40(48)41-21-15-25-46(52)50(41)53)47-34-36(30-33-43(47)51)35-28-31-39(32-29-35)55(54,37-16-5-3-6-17-37)38-18-7-4-8-19-38/h3-34H,1-2H3. The van der Waals surface area contributed by atoms with Gasteiger partial charge in [-0.1, -0.05) is 190 Å². The minimum atomic E-state index is -3.09. The normalized spacial score (nSPS) is 16.5. The van der Waals surface area contributed by atoms with E-state index >= 15 is 4.57 Å². The number of benzene rings is 8. The van der Waals surface area contributed by atoms with Crippen LogP contribution in [-0.4, -0.2) is 4.57 Å². The first kappa shape index (κ1) is 32.2. The molecule has 262 valence electrons. The molecule has 1 spiro atoms. The van der Waals surface area contributed by atoms with Crippen LogP contribution < -0.4 is 15.9 Å². The Kier molecular flexibility index (Phi) is 6.83. The summed E-state index contributed by atoms with van der Waals surface area (Å²) in [7, 11) is -3.09. The molecule has 0 bridgehead atoms. The third kappa shape index (κ3) is 4.24. The van der Waals surface area contributed by atoms with E-state index in [9.17, 15) is 0 Å². The van der Waals surface area contributed by atoms with Crippen molar-refractivity contribution in [2.24, 2.45) is 0 Å². The smallest absolute Gasteiger partial charge is 0.171 e. The summed E-state index contributed by atoms with van der Waals surface area (Å²) in [4.78, 5) is 0. The number of hydrogen-bond acceptors (Lipinski definition) is 1. The molecular weight excluding hydrogens is 686 g/mol. The lowest BCUT2D eigenvalue weighted by molar-refractivity contribution is 0.556. The minimum Gasteiger partial charge on any atom is -0.309 e. The Morgan fingerprint density at radius 3 is 1.67 bits per heavy atom. The number of aromatic nitrogens is 1. The van der Waals surface area contributed by atoms with Gasteiger partial charge in [0.25, 0.3) is 0 Å². The average Bonchev–Trinajstić information content (AvgIpc) is 3.59. The van der Waals surface area contributed by atoms with Crippen LogP contribution in [0.3, 0.4) is 0 Å². The molecule has 1 aliphatic carbocycles. The van der Waals surface area contributed by atoms with Gasteiger partial charge in [0.05, 0.1) is 22.1 Å². The molecule has 55 heavy (non-hydrogen) atoms. The molecule has 0 fully saturated rings. The molecule has 1 unspecified atom stereocenters. The summed E-state index contributed by atoms with van der Waals surface area (Å²) in [5, 5.41) is 5.06. The molecule has 1 aliphatic heterocycles. The Labute approximate surface area is 321 Å². The van der Waals surface area contributed by atoms with Crippen molar-refractivity contribution in [3.05, 3.63) is 228 Å². The van der Waals surface area contributed by atoms with Crippen LogP contribution in [0.15, 0.2) is 194 Å². The largest absolute Gasteiger partial charge is 0.309 e. The van der Waals surface area contributed by atoms with Gasteiger partial charge in [0, 0.05) is 32.1 Å². The first-order valence-electron chi connectivity index (χ1n) is 19.1. The van der Waals surface area contributed by atoms with Gasteiger partial charge < -0.3 is 9.13 Å². The molecule has 1 atom stereocenters. The quantitative estimate of drug-likeness (QED) is 0.166. The molecule has 3 heteroatoms. The van der Waals surface area contributed by atoms with Gasteiger partial charge in [-0.25, -0.2) is 0 Å². The van der Waals surface area contributed by atoms with Crippen LogP contribution in [0.4, 0.5) is 0 Å². The molecule has 0 amide bonds. The number of fused-ring (bicyclic) bond motifs is 11. The molecule has 0 radical (unpaired) electrons. The van der Waals surface area contributed by atoms with E-state index in [1.807, 2.05) is 60.7 Å². The molecule has 1 aromatic heterocycles. The topological polar surface area (TPSA) is 22.0 Å². The SMILES string of the molecule is CC1(C)c2ccccc2C2(c3ccccc3-n3c4ccccc4c4cccc2c43)c2cc(-c3ccc(P(=O)(c4ccccc4)c4ccccc4)cc3)ccc21. The van der Waals surface area contributed by atoms with Gasteiger partial charge in [-0.2, -0.15) is 0 Å². The fraction of sp³-hybridized carbons (Fsp3) is 0.0769. The monoisotopic (exact) mass is 723 g/mol. The maximum Gasteiger partial charge on any atom is 0.171 e. The molecular formula is C52H38NOP. The summed E-state index contributed by atoms with van der Waals surface area (Å²) in [5.41, 5.74) is 13.1. The summed E-state index contributed by atoms with van der Waals surface area (Å²) in [6, 6.07) is 69.4. The van der Waals surface area contributed by atoms with E-state index < -0.39 is 12.6 Å². The lowest BCUT2D eigenvalue weighted by Crippen LogP contribution is -2.44. The van der Waals surface area contributed by atoms with E-state index in [1.165, 1.54) is 60.9 Å². The minimum absolute atomic E-state index is 0.232. The predicted molar refractivity (Wildman–Crippen MR) is 230 cm³/mol. The molecule has 2 heterocycles. The summed E-state index contributed by atoms with van der Waals surface area (Å²) in [6.07, 6.45) is 0. The van der Waals surface area contributed by atoms with Crippen molar-refractivity contribution >= 4 is 44.9 Å². The summed E-state index contributed by atoms with van der Waals surface area (Å²) < 4.78 is 17.7. The van der Waals surface area contributed by atoms with Crippen molar-refractivity contribution < 1.29 is 4.57 Å². The van der Waals surface area contributed by atoms with Gasteiger partial charge in [-0.15, -0.1) is 0 Å². The fourth-order valence-corrected chi connectivity index (χ4v) is 12.7. The van der Waals surface area contributed by atoms with Crippen molar-refractivity contribution in [1.82, 2.24) is 4.57 Å². The fourth-order valence-electron chi connectivity index (χ4n) is 10.1. The molecule has 0 saturated carbocycles. The zero-order valence-electron chi connectivity index (χ0n) is 30.8. The highest BCUT2D eigenvalue weighted by molar-refractivity contribution is 7.85. The molecule has 2 aliphatic rings. The molecule has 2 nitrogen and oxygen atoms in total. The Morgan fingerprint density at radius 1 is 0.418 bits per heavy atom. The molecule has 9 aromatic rings. The number of nitrogens with zero attached hydrogens (tertiary/aromatic N) is 1. The van der Waals surface area contributed by atoms with Gasteiger partial charge in [0.15, 0.2) is 7.14 Å². The average molecular weight is 724 g/mol. The van der Waals surface area contributed by atoms with E-state index in [2.05, 4.69) is 152 Å². The van der Waals surface area contributed by atoms with Gasteiger partial charge in [-0.3, -0.25) is 0 Å². The number of rotatable bonds is 4. The van der Waals surface area contributed by atoms with E-state index in [4.69, 9.17) is 0 Å². The Morgan fingerprint density at radius 2 is 0.945 bits per heavy atom. The van der Waals surface area contributed by atoms with E-state index in [0.717, 1.165) is 27.0 Å². The second kappa shape index (κ2) is 11.6. The van der Waals surface area contributed by atoms with E-state index in [-0.39, 0.29) is 5.41 Å². The zero-order valence-corrected chi connectivity index (χ0v) is 31.7. The van der Waals surface area contributed by atoms with Crippen LogP contribution in [0.2, 0.25) is 0 Å². The highest BCUT2D eigenvalue weighted by atomic mass is 31.2. The molecule has 0 saturated heterocycles. The van der Waals surface area contributed by atoms with Crippen molar-refractivity contribution in [1.29, 1.82) is 0 Å². The maximum absolute atomic E-state index is 15.2. The molecule has 8 aromatic carbocycles. The van der Waals surface area contributed by atoms with Crippen LogP contribution >= 0.6 is 7.14 Å². The number of para-hydroxylation sites is 3. The van der Waals surface area contributed by atoms with Crippen LogP contribution in [0.25, 0.3) is 38.6 Å². The summed E-state index contributed by atoms with van der Waals surface area (Å²) in [5.74, 6) is 0. The van der Waals surface area contributed by atoms with Crippen molar-refractivity contribution in [3.63, 3.8) is 0 Å². The third-order valence-corrected chi connectivity index (χ3v) is 15.6. The number of hydrogen-bond donors (Lipinski definition) is 0. The van der Waals surface area contributed by atoms with Gasteiger partial charge in [0.1, 0.15) is 0 Å². The van der Waals surface area contributed by atoms with E-state index in [1.54, 1.807) is 0 Å². The van der Waals surface area contributed by atoms with E-state index in [0.29, 0.717) is 0 Å². The first-order chi connectivity index (χ1) is 26.9. The lowest BCUT2D eigenvalue weighted by atomic mass is 9.53. The van der Waals surface area contributed by atoms with Gasteiger partial charge >= 0.3 is 0 Å². The Hall–Kier alpha value is -6.21. The Balaban J connectivity index is 1.18.